The Kier molecular flexibility index (Phi) is 3.76. The summed E-state index contributed by atoms with van der Waals surface area (Å²) in [4.78, 5) is 11.9. The number of benzene rings is 1. The number of ketones is 1. The van der Waals surface area contributed by atoms with E-state index in [9.17, 15) is 4.79 Å². The van der Waals surface area contributed by atoms with Crippen LogP contribution in [0.1, 0.15) is 63.8 Å². The molecular formula is C17H26O. The van der Waals surface area contributed by atoms with E-state index in [1.807, 2.05) is 13.8 Å². The first-order valence-electron chi connectivity index (χ1n) is 6.61. The van der Waals surface area contributed by atoms with Gasteiger partial charge in [0, 0.05) is 5.41 Å². The van der Waals surface area contributed by atoms with E-state index >= 15 is 0 Å². The zero-order valence-corrected chi connectivity index (χ0v) is 13.1. The largest absolute Gasteiger partial charge is 0.299 e. The second-order valence-corrected chi connectivity index (χ2v) is 6.92. The smallest absolute Gasteiger partial charge is 0.139 e. The number of hydrogen-bond donors (Lipinski definition) is 0. The lowest BCUT2D eigenvalue weighted by Crippen LogP contribution is -2.29. The van der Waals surface area contributed by atoms with Crippen molar-refractivity contribution in [1.29, 1.82) is 0 Å². The Balaban J connectivity index is 3.48. The lowest BCUT2D eigenvalue weighted by Gasteiger charge is -2.29. The van der Waals surface area contributed by atoms with E-state index < -0.39 is 5.41 Å². The van der Waals surface area contributed by atoms with Crippen LogP contribution in [-0.4, -0.2) is 5.78 Å². The molecule has 100 valence electrons. The SMILES string of the molecule is CC(=O)C(C)(C)c1c(C)cc(C(C)(C)C)cc1C. The third kappa shape index (κ3) is 2.66. The predicted octanol–water partition coefficient (Wildman–Crippen LogP) is 4.47. The fourth-order valence-corrected chi connectivity index (χ4v) is 2.56. The van der Waals surface area contributed by atoms with Gasteiger partial charge in [0.15, 0.2) is 0 Å². The molecule has 1 nitrogen and oxygen atoms in total. The molecule has 1 aromatic rings. The van der Waals surface area contributed by atoms with Crippen molar-refractivity contribution in [3.63, 3.8) is 0 Å². The zero-order valence-electron chi connectivity index (χ0n) is 13.1. The molecule has 0 amide bonds. The first kappa shape index (κ1) is 14.9. The molecule has 0 saturated heterocycles. The summed E-state index contributed by atoms with van der Waals surface area (Å²) in [6, 6.07) is 4.46. The molecule has 0 fully saturated rings. The fourth-order valence-electron chi connectivity index (χ4n) is 2.56. The van der Waals surface area contributed by atoms with E-state index in [1.54, 1.807) is 6.92 Å². The van der Waals surface area contributed by atoms with E-state index in [-0.39, 0.29) is 11.2 Å². The molecule has 0 unspecified atom stereocenters. The van der Waals surface area contributed by atoms with Gasteiger partial charge in [-0.15, -0.1) is 0 Å². The highest BCUT2D eigenvalue weighted by molar-refractivity contribution is 5.88. The first-order chi connectivity index (χ1) is 7.98. The molecule has 1 heteroatoms. The van der Waals surface area contributed by atoms with E-state index in [0.29, 0.717) is 0 Å². The predicted molar refractivity (Wildman–Crippen MR) is 78.3 cm³/mol. The highest BCUT2D eigenvalue weighted by atomic mass is 16.1. The minimum atomic E-state index is -0.398. The number of rotatable bonds is 2. The normalized spacial score (nSPS) is 12.7. The van der Waals surface area contributed by atoms with Crippen LogP contribution in [0.5, 0.6) is 0 Å². The van der Waals surface area contributed by atoms with Crippen molar-refractivity contribution >= 4 is 5.78 Å². The van der Waals surface area contributed by atoms with Crippen molar-refractivity contribution in [3.8, 4) is 0 Å². The lowest BCUT2D eigenvalue weighted by atomic mass is 9.74. The summed E-state index contributed by atoms with van der Waals surface area (Å²) in [5.41, 5.74) is 4.71. The van der Waals surface area contributed by atoms with Crippen LogP contribution >= 0.6 is 0 Å². The van der Waals surface area contributed by atoms with E-state index in [0.717, 1.165) is 0 Å². The number of hydrogen-bond acceptors (Lipinski definition) is 1. The summed E-state index contributed by atoms with van der Waals surface area (Å²) in [5.74, 6) is 0.220. The minimum absolute atomic E-state index is 0.147. The summed E-state index contributed by atoms with van der Waals surface area (Å²) in [5, 5.41) is 0. The van der Waals surface area contributed by atoms with Crippen LogP contribution in [0.25, 0.3) is 0 Å². The van der Waals surface area contributed by atoms with Crippen molar-refractivity contribution in [1.82, 2.24) is 0 Å². The van der Waals surface area contributed by atoms with Gasteiger partial charge in [0.25, 0.3) is 0 Å². The first-order valence-corrected chi connectivity index (χ1v) is 6.61. The van der Waals surface area contributed by atoms with Gasteiger partial charge < -0.3 is 0 Å². The molecule has 0 aromatic heterocycles. The van der Waals surface area contributed by atoms with Crippen molar-refractivity contribution < 1.29 is 4.79 Å². The second-order valence-electron chi connectivity index (χ2n) is 6.92. The van der Waals surface area contributed by atoms with Gasteiger partial charge in [-0.25, -0.2) is 0 Å². The summed E-state index contributed by atoms with van der Waals surface area (Å²) in [6.07, 6.45) is 0. The second kappa shape index (κ2) is 4.53. The van der Waals surface area contributed by atoms with Crippen molar-refractivity contribution in [2.45, 2.75) is 66.2 Å². The molecule has 1 rings (SSSR count). The maximum atomic E-state index is 11.9. The summed E-state index contributed by atoms with van der Waals surface area (Å²) >= 11 is 0. The molecule has 0 heterocycles. The van der Waals surface area contributed by atoms with Gasteiger partial charge >= 0.3 is 0 Å². The molecule has 0 atom stereocenters. The van der Waals surface area contributed by atoms with Gasteiger partial charge in [0.2, 0.25) is 0 Å². The van der Waals surface area contributed by atoms with Gasteiger partial charge in [-0.05, 0) is 62.3 Å². The Labute approximate surface area is 112 Å². The van der Waals surface area contributed by atoms with Crippen LogP contribution in [0.2, 0.25) is 0 Å². The van der Waals surface area contributed by atoms with Gasteiger partial charge in [0.05, 0.1) is 0 Å². The van der Waals surface area contributed by atoms with Gasteiger partial charge in [-0.2, -0.15) is 0 Å². The molecule has 18 heavy (non-hydrogen) atoms. The number of Topliss-reactive ketones (excluding diaryl/α,β-unsaturated/α-hetero) is 1. The maximum absolute atomic E-state index is 11.9. The van der Waals surface area contributed by atoms with Crippen LogP contribution in [0.3, 0.4) is 0 Å². The fraction of sp³-hybridized carbons (Fsp3) is 0.588. The van der Waals surface area contributed by atoms with Crippen LogP contribution in [-0.2, 0) is 15.6 Å². The Morgan fingerprint density at radius 3 is 1.61 bits per heavy atom. The van der Waals surface area contributed by atoms with Crippen LogP contribution < -0.4 is 0 Å². The Morgan fingerprint density at radius 1 is 0.944 bits per heavy atom. The minimum Gasteiger partial charge on any atom is -0.299 e. The van der Waals surface area contributed by atoms with Crippen LogP contribution in [0.15, 0.2) is 12.1 Å². The summed E-state index contributed by atoms with van der Waals surface area (Å²) in [7, 11) is 0. The molecule has 0 aliphatic carbocycles. The van der Waals surface area contributed by atoms with Gasteiger partial charge in [-0.1, -0.05) is 32.9 Å². The third-order valence-electron chi connectivity index (χ3n) is 3.90. The highest BCUT2D eigenvalue weighted by Gasteiger charge is 2.30. The lowest BCUT2D eigenvalue weighted by molar-refractivity contribution is -0.121. The molecule has 0 spiro atoms. The van der Waals surface area contributed by atoms with Gasteiger partial charge in [-0.3, -0.25) is 4.79 Å². The molecule has 0 aliphatic heterocycles. The number of carbonyl (C=O) groups excluding carboxylic acids is 1. The zero-order chi connectivity index (χ0) is 14.3. The summed E-state index contributed by atoms with van der Waals surface area (Å²) in [6.45, 7) is 16.6. The molecule has 0 N–H and O–H groups in total. The maximum Gasteiger partial charge on any atom is 0.139 e. The van der Waals surface area contributed by atoms with E-state index in [2.05, 4.69) is 46.8 Å². The molecular weight excluding hydrogens is 220 g/mol. The highest BCUT2D eigenvalue weighted by Crippen LogP contribution is 2.34. The average Bonchev–Trinajstić information content (AvgIpc) is 2.13. The molecule has 0 aliphatic rings. The topological polar surface area (TPSA) is 17.1 Å². The molecule has 0 bridgehead atoms. The molecule has 0 radical (unpaired) electrons. The average molecular weight is 246 g/mol. The Bertz CT molecular complexity index is 450. The Hall–Kier alpha value is -1.11. The van der Waals surface area contributed by atoms with Crippen molar-refractivity contribution in [2.24, 2.45) is 0 Å². The van der Waals surface area contributed by atoms with E-state index in [4.69, 9.17) is 0 Å². The van der Waals surface area contributed by atoms with Crippen LogP contribution in [0.4, 0.5) is 0 Å². The quantitative estimate of drug-likeness (QED) is 0.752. The van der Waals surface area contributed by atoms with Crippen molar-refractivity contribution in [3.05, 3.63) is 34.4 Å². The third-order valence-corrected chi connectivity index (χ3v) is 3.90. The van der Waals surface area contributed by atoms with Gasteiger partial charge in [0.1, 0.15) is 5.78 Å². The number of carbonyl (C=O) groups is 1. The molecule has 0 saturated carbocycles. The Morgan fingerprint density at radius 2 is 1.33 bits per heavy atom. The van der Waals surface area contributed by atoms with E-state index in [1.165, 1.54) is 22.3 Å². The summed E-state index contributed by atoms with van der Waals surface area (Å²) < 4.78 is 0. The monoisotopic (exact) mass is 246 g/mol. The van der Waals surface area contributed by atoms with Crippen LogP contribution in [0, 0.1) is 13.8 Å². The van der Waals surface area contributed by atoms with Crippen molar-refractivity contribution in [2.75, 3.05) is 0 Å². The number of aryl methyl sites for hydroxylation is 2. The molecule has 1 aromatic carbocycles. The standard InChI is InChI=1S/C17H26O/c1-11-9-14(16(4,5)6)10-12(2)15(11)17(7,8)13(3)18/h9-10H,1-8H3.